The van der Waals surface area contributed by atoms with Crippen molar-refractivity contribution in [3.63, 3.8) is 0 Å². The van der Waals surface area contributed by atoms with Gasteiger partial charge in [-0.2, -0.15) is 0 Å². The van der Waals surface area contributed by atoms with Crippen molar-refractivity contribution in [1.82, 2.24) is 19.9 Å². The molecule has 4 heterocycles. The Balaban J connectivity index is 1.49. The fourth-order valence-corrected chi connectivity index (χ4v) is 3.55. The summed E-state index contributed by atoms with van der Waals surface area (Å²) in [4.78, 5) is 34.3. The Labute approximate surface area is 178 Å². The first kappa shape index (κ1) is 20.2. The van der Waals surface area contributed by atoms with E-state index in [1.54, 1.807) is 24.3 Å². The van der Waals surface area contributed by atoms with Gasteiger partial charge in [0.15, 0.2) is 0 Å². The van der Waals surface area contributed by atoms with Gasteiger partial charge in [0.1, 0.15) is 23.9 Å². The third-order valence-electron chi connectivity index (χ3n) is 5.14. The molecule has 0 aliphatic carbocycles. The first-order chi connectivity index (χ1) is 14.5. The summed E-state index contributed by atoms with van der Waals surface area (Å²) < 4.78 is 6.93. The van der Waals surface area contributed by atoms with Crippen LogP contribution < -0.4 is 26.1 Å². The molecule has 0 unspecified atom stereocenters. The molecule has 0 saturated carbocycles. The molecule has 0 amide bonds. The molecule has 3 aromatic heterocycles. The van der Waals surface area contributed by atoms with Crippen LogP contribution in [0, 0.1) is 0 Å². The number of H-pyrrole nitrogens is 1. The molecule has 8 nitrogen and oxygen atoms in total. The summed E-state index contributed by atoms with van der Waals surface area (Å²) in [5.41, 5.74) is 0.282. The first-order valence-electron chi connectivity index (χ1n) is 9.65. The number of hydrogen-bond acceptors (Lipinski definition) is 6. The van der Waals surface area contributed by atoms with Gasteiger partial charge < -0.3 is 19.9 Å². The van der Waals surface area contributed by atoms with E-state index in [0.29, 0.717) is 22.5 Å². The van der Waals surface area contributed by atoms with Crippen molar-refractivity contribution in [2.75, 3.05) is 25.0 Å². The topological polar surface area (TPSA) is 92.2 Å². The standard InChI is InChI=1S/C21H22ClN5O3/c1-23-15-6-8-26(12-15)19-5-4-18(21(29)25-19)27-9-7-17(10-20(27)28)30-13-16-3-2-14(22)11-24-16/h2-5,7,9-11,15,23H,6,8,12-13H2,1H3,(H,25,29)/t15-/m0/s1. The largest absolute Gasteiger partial charge is 0.487 e. The van der Waals surface area contributed by atoms with Crippen LogP contribution in [0.5, 0.6) is 5.75 Å². The second-order valence-corrected chi connectivity index (χ2v) is 7.54. The number of anilines is 1. The molecule has 1 aliphatic heterocycles. The molecule has 0 aromatic carbocycles. The van der Waals surface area contributed by atoms with Gasteiger partial charge in [0.2, 0.25) is 0 Å². The number of hydrogen-bond donors (Lipinski definition) is 2. The highest BCUT2D eigenvalue weighted by molar-refractivity contribution is 6.30. The van der Waals surface area contributed by atoms with E-state index >= 15 is 0 Å². The van der Waals surface area contributed by atoms with Crippen molar-refractivity contribution in [2.24, 2.45) is 0 Å². The molecule has 1 aliphatic rings. The Hall–Kier alpha value is -3.10. The molecule has 0 radical (unpaired) electrons. The highest BCUT2D eigenvalue weighted by atomic mass is 35.5. The van der Waals surface area contributed by atoms with Gasteiger partial charge in [-0.25, -0.2) is 0 Å². The number of halogens is 1. The minimum atomic E-state index is -0.355. The Kier molecular flexibility index (Phi) is 5.87. The minimum absolute atomic E-state index is 0.208. The normalized spacial score (nSPS) is 16.1. The SMILES string of the molecule is CN[C@H]1CCN(c2ccc(-n3ccc(OCc4ccc(Cl)cn4)cc3=O)c(=O)[nH]2)C1. The lowest BCUT2D eigenvalue weighted by atomic mass is 10.3. The van der Waals surface area contributed by atoms with Gasteiger partial charge in [-0.05, 0) is 43.8 Å². The van der Waals surface area contributed by atoms with E-state index in [0.717, 1.165) is 25.3 Å². The highest BCUT2D eigenvalue weighted by Gasteiger charge is 2.22. The molecule has 156 valence electrons. The van der Waals surface area contributed by atoms with Crippen LogP contribution in [-0.2, 0) is 6.61 Å². The monoisotopic (exact) mass is 427 g/mol. The second kappa shape index (κ2) is 8.73. The lowest BCUT2D eigenvalue weighted by Crippen LogP contribution is -2.31. The summed E-state index contributed by atoms with van der Waals surface area (Å²) in [5, 5.41) is 3.80. The molecular weight excluding hydrogens is 406 g/mol. The third-order valence-corrected chi connectivity index (χ3v) is 5.36. The van der Waals surface area contributed by atoms with E-state index in [4.69, 9.17) is 16.3 Å². The summed E-state index contributed by atoms with van der Waals surface area (Å²) in [6.07, 6.45) is 4.09. The average molecular weight is 428 g/mol. The molecular formula is C21H22ClN5O3. The van der Waals surface area contributed by atoms with Crippen LogP contribution in [0.15, 0.2) is 58.4 Å². The van der Waals surface area contributed by atoms with Crippen LogP contribution in [0.25, 0.3) is 5.69 Å². The van der Waals surface area contributed by atoms with Gasteiger partial charge in [-0.15, -0.1) is 0 Å². The lowest BCUT2D eigenvalue weighted by molar-refractivity contribution is 0.300. The van der Waals surface area contributed by atoms with Crippen LogP contribution >= 0.6 is 11.6 Å². The zero-order valence-corrected chi connectivity index (χ0v) is 17.2. The molecule has 1 atom stereocenters. The number of rotatable bonds is 6. The van der Waals surface area contributed by atoms with Crippen LogP contribution in [0.1, 0.15) is 12.1 Å². The fraction of sp³-hybridized carbons (Fsp3) is 0.286. The highest BCUT2D eigenvalue weighted by Crippen LogP contribution is 2.18. The van der Waals surface area contributed by atoms with E-state index < -0.39 is 0 Å². The van der Waals surface area contributed by atoms with Gasteiger partial charge >= 0.3 is 0 Å². The van der Waals surface area contributed by atoms with Crippen LogP contribution in [0.4, 0.5) is 5.82 Å². The number of ether oxygens (including phenoxy) is 1. The number of likely N-dealkylation sites (N-methyl/N-ethyl adjacent to an activating group) is 1. The van der Waals surface area contributed by atoms with Gasteiger partial charge in [-0.3, -0.25) is 19.1 Å². The number of aromatic amines is 1. The van der Waals surface area contributed by atoms with Crippen molar-refractivity contribution < 1.29 is 4.74 Å². The Morgan fingerprint density at radius 1 is 1.27 bits per heavy atom. The number of nitrogens with one attached hydrogen (secondary N) is 2. The molecule has 4 rings (SSSR count). The van der Waals surface area contributed by atoms with E-state index in [9.17, 15) is 9.59 Å². The maximum absolute atomic E-state index is 12.6. The second-order valence-electron chi connectivity index (χ2n) is 7.11. The van der Waals surface area contributed by atoms with E-state index in [1.807, 2.05) is 13.1 Å². The van der Waals surface area contributed by atoms with Crippen molar-refractivity contribution in [3.05, 3.63) is 80.2 Å². The summed E-state index contributed by atoms with van der Waals surface area (Å²) in [6, 6.07) is 10.4. The van der Waals surface area contributed by atoms with E-state index in [-0.39, 0.29) is 23.4 Å². The van der Waals surface area contributed by atoms with E-state index in [1.165, 1.54) is 23.0 Å². The lowest BCUT2D eigenvalue weighted by Gasteiger charge is -2.18. The maximum atomic E-state index is 12.6. The van der Waals surface area contributed by atoms with Crippen molar-refractivity contribution in [1.29, 1.82) is 0 Å². The molecule has 30 heavy (non-hydrogen) atoms. The predicted octanol–water partition coefficient (Wildman–Crippen LogP) is 1.95. The van der Waals surface area contributed by atoms with Gasteiger partial charge in [0, 0.05) is 37.6 Å². The molecule has 0 spiro atoms. The molecule has 2 N–H and O–H groups in total. The third kappa shape index (κ3) is 4.39. The molecule has 0 bridgehead atoms. The Morgan fingerprint density at radius 3 is 2.80 bits per heavy atom. The number of aromatic nitrogens is 3. The predicted molar refractivity (Wildman–Crippen MR) is 116 cm³/mol. The zero-order chi connectivity index (χ0) is 21.1. The van der Waals surface area contributed by atoms with Crippen molar-refractivity contribution in [3.8, 4) is 11.4 Å². The quantitative estimate of drug-likeness (QED) is 0.624. The fourth-order valence-electron chi connectivity index (χ4n) is 3.44. The summed E-state index contributed by atoms with van der Waals surface area (Å²) in [6.45, 7) is 1.91. The first-order valence-corrected chi connectivity index (χ1v) is 10.0. The summed E-state index contributed by atoms with van der Waals surface area (Å²) >= 11 is 5.82. The molecule has 1 saturated heterocycles. The smallest absolute Gasteiger partial charge is 0.273 e. The van der Waals surface area contributed by atoms with Gasteiger partial charge in [0.05, 0.1) is 10.7 Å². The van der Waals surface area contributed by atoms with Crippen LogP contribution in [0.3, 0.4) is 0 Å². The van der Waals surface area contributed by atoms with E-state index in [2.05, 4.69) is 20.2 Å². The number of pyridine rings is 3. The Bertz CT molecular complexity index is 1140. The van der Waals surface area contributed by atoms with Gasteiger partial charge in [0.25, 0.3) is 11.1 Å². The van der Waals surface area contributed by atoms with Crippen LogP contribution in [-0.4, -0.2) is 40.7 Å². The molecule has 9 heteroatoms. The van der Waals surface area contributed by atoms with Crippen molar-refractivity contribution in [2.45, 2.75) is 19.1 Å². The van der Waals surface area contributed by atoms with Gasteiger partial charge in [-0.1, -0.05) is 11.6 Å². The number of nitrogens with zero attached hydrogens (tertiary/aromatic N) is 3. The van der Waals surface area contributed by atoms with Crippen LogP contribution in [0.2, 0.25) is 5.02 Å². The maximum Gasteiger partial charge on any atom is 0.273 e. The average Bonchev–Trinajstić information content (AvgIpc) is 3.23. The minimum Gasteiger partial charge on any atom is -0.487 e. The summed E-state index contributed by atoms with van der Waals surface area (Å²) in [7, 11) is 1.94. The Morgan fingerprint density at radius 2 is 2.13 bits per heavy atom. The zero-order valence-electron chi connectivity index (χ0n) is 16.5. The summed E-state index contributed by atoms with van der Waals surface area (Å²) in [5.74, 6) is 1.15. The molecule has 3 aromatic rings. The molecule has 1 fully saturated rings. The van der Waals surface area contributed by atoms with Crippen molar-refractivity contribution >= 4 is 17.4 Å².